The number of halogens is 1. The van der Waals surface area contributed by atoms with Crippen LogP contribution in [0.1, 0.15) is 12.8 Å². The molecule has 0 saturated carbocycles. The number of carbonyl (C=O) groups is 1. The van der Waals surface area contributed by atoms with Crippen LogP contribution in [0.25, 0.3) is 0 Å². The van der Waals surface area contributed by atoms with Crippen molar-refractivity contribution in [2.45, 2.75) is 17.7 Å². The predicted octanol–water partition coefficient (Wildman–Crippen LogP) is 2.37. The van der Waals surface area contributed by atoms with E-state index >= 15 is 0 Å². The minimum Gasteiger partial charge on any atom is -0.398 e. The lowest BCUT2D eigenvalue weighted by Crippen LogP contribution is -2.21. The number of anilines is 1. The van der Waals surface area contributed by atoms with Crippen LogP contribution in [0.3, 0.4) is 0 Å². The molecular weight excluding hydrogens is 239 g/mol. The Labute approximate surface area is 105 Å². The maximum absolute atomic E-state index is 13.0. The molecule has 1 aromatic carbocycles. The molecule has 0 aliphatic carbocycles. The number of amides is 1. The first-order valence-corrected chi connectivity index (χ1v) is 6.37. The Hall–Kier alpha value is -1.23. The number of hydrogen-bond donors (Lipinski definition) is 1. The highest BCUT2D eigenvalue weighted by Crippen LogP contribution is 2.26. The first-order chi connectivity index (χ1) is 8.00. The lowest BCUT2D eigenvalue weighted by atomic mass is 10.3. The summed E-state index contributed by atoms with van der Waals surface area (Å²) in [5.41, 5.74) is 6.30. The number of nitrogens with zero attached hydrogens (tertiary/aromatic N) is 1. The Morgan fingerprint density at radius 1 is 1.47 bits per heavy atom. The highest BCUT2D eigenvalue weighted by atomic mass is 32.2. The van der Waals surface area contributed by atoms with Gasteiger partial charge in [0.25, 0.3) is 0 Å². The number of carbonyl (C=O) groups excluding carboxylic acids is 1. The molecule has 5 heteroatoms. The summed E-state index contributed by atoms with van der Waals surface area (Å²) in [6, 6.07) is 4.32. The maximum atomic E-state index is 13.0. The maximum Gasteiger partial charge on any atom is 0.222 e. The van der Waals surface area contributed by atoms with Gasteiger partial charge in [0.15, 0.2) is 0 Å². The second kappa shape index (κ2) is 6.49. The molecule has 0 radical (unpaired) electrons. The summed E-state index contributed by atoms with van der Waals surface area (Å²) in [6.45, 7) is 0. The van der Waals surface area contributed by atoms with Crippen molar-refractivity contribution in [2.24, 2.45) is 0 Å². The average molecular weight is 256 g/mol. The SMILES string of the molecule is CN(C)C(=O)CCCSc1cc(F)ccc1N. The third-order valence-corrected chi connectivity index (χ3v) is 3.42. The van der Waals surface area contributed by atoms with Gasteiger partial charge < -0.3 is 10.6 Å². The van der Waals surface area contributed by atoms with Gasteiger partial charge in [0.1, 0.15) is 5.82 Å². The second-order valence-electron chi connectivity index (χ2n) is 3.92. The van der Waals surface area contributed by atoms with E-state index in [9.17, 15) is 9.18 Å². The van der Waals surface area contributed by atoms with Crippen molar-refractivity contribution in [3.8, 4) is 0 Å². The Balaban J connectivity index is 2.36. The lowest BCUT2D eigenvalue weighted by Gasteiger charge is -2.10. The van der Waals surface area contributed by atoms with Crippen molar-refractivity contribution in [1.82, 2.24) is 4.90 Å². The van der Waals surface area contributed by atoms with Crippen LogP contribution in [0, 0.1) is 5.82 Å². The average Bonchev–Trinajstić information content (AvgIpc) is 2.28. The number of hydrogen-bond acceptors (Lipinski definition) is 3. The number of nitrogens with two attached hydrogens (primary N) is 1. The number of rotatable bonds is 5. The fourth-order valence-corrected chi connectivity index (χ4v) is 2.20. The Morgan fingerprint density at radius 3 is 2.82 bits per heavy atom. The van der Waals surface area contributed by atoms with E-state index in [2.05, 4.69) is 0 Å². The van der Waals surface area contributed by atoms with E-state index in [1.807, 2.05) is 0 Å². The van der Waals surface area contributed by atoms with Crippen LogP contribution >= 0.6 is 11.8 Å². The molecule has 0 aliphatic rings. The molecule has 3 nitrogen and oxygen atoms in total. The van der Waals surface area contributed by atoms with Crippen LogP contribution in [0.2, 0.25) is 0 Å². The summed E-state index contributed by atoms with van der Waals surface area (Å²) >= 11 is 1.48. The smallest absolute Gasteiger partial charge is 0.222 e. The zero-order chi connectivity index (χ0) is 12.8. The van der Waals surface area contributed by atoms with Gasteiger partial charge in [-0.3, -0.25) is 4.79 Å². The molecule has 2 N–H and O–H groups in total. The summed E-state index contributed by atoms with van der Waals surface area (Å²) in [5.74, 6) is 0.580. The molecule has 0 fully saturated rings. The van der Waals surface area contributed by atoms with E-state index < -0.39 is 0 Å². The van der Waals surface area contributed by atoms with E-state index in [1.165, 1.54) is 23.9 Å². The number of nitrogen functional groups attached to an aromatic ring is 1. The predicted molar refractivity (Wildman–Crippen MR) is 69.5 cm³/mol. The van der Waals surface area contributed by atoms with Crippen molar-refractivity contribution in [3.63, 3.8) is 0 Å². The first-order valence-electron chi connectivity index (χ1n) is 5.38. The standard InChI is InChI=1S/C12H17FN2OS/c1-15(2)12(16)4-3-7-17-11-8-9(13)5-6-10(11)14/h5-6,8H,3-4,7,14H2,1-2H3. The topological polar surface area (TPSA) is 46.3 Å². The second-order valence-corrected chi connectivity index (χ2v) is 5.06. The first kappa shape index (κ1) is 13.8. The van der Waals surface area contributed by atoms with Crippen LogP contribution in [0.15, 0.2) is 23.1 Å². The largest absolute Gasteiger partial charge is 0.398 e. The van der Waals surface area contributed by atoms with E-state index in [-0.39, 0.29) is 11.7 Å². The number of thioether (sulfide) groups is 1. The van der Waals surface area contributed by atoms with Crippen LogP contribution in [0.5, 0.6) is 0 Å². The van der Waals surface area contributed by atoms with Crippen molar-refractivity contribution >= 4 is 23.4 Å². The van der Waals surface area contributed by atoms with Crippen LogP contribution in [0.4, 0.5) is 10.1 Å². The number of benzene rings is 1. The third kappa shape index (κ3) is 4.65. The van der Waals surface area contributed by atoms with Crippen molar-refractivity contribution in [2.75, 3.05) is 25.6 Å². The van der Waals surface area contributed by atoms with Gasteiger partial charge in [0, 0.05) is 31.1 Å². The molecule has 1 amide bonds. The molecule has 0 spiro atoms. The van der Waals surface area contributed by atoms with Gasteiger partial charge in [-0.25, -0.2) is 4.39 Å². The fraction of sp³-hybridized carbons (Fsp3) is 0.417. The summed E-state index contributed by atoms with van der Waals surface area (Å²) in [7, 11) is 3.47. The summed E-state index contributed by atoms with van der Waals surface area (Å²) in [4.78, 5) is 13.6. The lowest BCUT2D eigenvalue weighted by molar-refractivity contribution is -0.128. The van der Waals surface area contributed by atoms with Crippen LogP contribution < -0.4 is 5.73 Å². The van der Waals surface area contributed by atoms with E-state index in [4.69, 9.17) is 5.73 Å². The van der Waals surface area contributed by atoms with Crippen LogP contribution in [-0.4, -0.2) is 30.7 Å². The zero-order valence-electron chi connectivity index (χ0n) is 10.1. The highest BCUT2D eigenvalue weighted by molar-refractivity contribution is 7.99. The molecule has 0 aromatic heterocycles. The molecule has 0 saturated heterocycles. The van der Waals surface area contributed by atoms with Gasteiger partial charge in [0.05, 0.1) is 0 Å². The minimum absolute atomic E-state index is 0.109. The minimum atomic E-state index is -0.286. The van der Waals surface area contributed by atoms with Crippen LogP contribution in [-0.2, 0) is 4.79 Å². The van der Waals surface area contributed by atoms with Gasteiger partial charge >= 0.3 is 0 Å². The van der Waals surface area contributed by atoms with Crippen molar-refractivity contribution in [1.29, 1.82) is 0 Å². The molecule has 1 rings (SSSR count). The third-order valence-electron chi connectivity index (χ3n) is 2.27. The molecule has 0 heterocycles. The van der Waals surface area contributed by atoms with E-state index in [0.717, 1.165) is 17.1 Å². The normalized spacial score (nSPS) is 10.3. The molecule has 17 heavy (non-hydrogen) atoms. The summed E-state index contributed by atoms with van der Waals surface area (Å²) < 4.78 is 13.0. The molecule has 0 unspecified atom stereocenters. The van der Waals surface area contributed by atoms with E-state index in [1.54, 1.807) is 25.1 Å². The van der Waals surface area contributed by atoms with Gasteiger partial charge in [0.2, 0.25) is 5.91 Å². The monoisotopic (exact) mass is 256 g/mol. The Bertz CT molecular complexity index is 396. The molecule has 1 aromatic rings. The van der Waals surface area contributed by atoms with Crippen molar-refractivity contribution < 1.29 is 9.18 Å². The quantitative estimate of drug-likeness (QED) is 0.500. The van der Waals surface area contributed by atoms with Gasteiger partial charge in [-0.05, 0) is 30.4 Å². The van der Waals surface area contributed by atoms with Gasteiger partial charge in [-0.2, -0.15) is 0 Å². The molecule has 94 valence electrons. The molecule has 0 bridgehead atoms. The molecular formula is C12H17FN2OS. The summed E-state index contributed by atoms with van der Waals surface area (Å²) in [5, 5.41) is 0. The highest BCUT2D eigenvalue weighted by Gasteiger charge is 2.05. The van der Waals surface area contributed by atoms with Crippen molar-refractivity contribution in [3.05, 3.63) is 24.0 Å². The summed E-state index contributed by atoms with van der Waals surface area (Å²) in [6.07, 6.45) is 1.27. The zero-order valence-corrected chi connectivity index (χ0v) is 10.9. The van der Waals surface area contributed by atoms with Gasteiger partial charge in [-0.1, -0.05) is 0 Å². The van der Waals surface area contributed by atoms with E-state index in [0.29, 0.717) is 12.1 Å². The molecule has 0 atom stereocenters. The Morgan fingerprint density at radius 2 is 2.18 bits per heavy atom. The molecule has 0 aliphatic heterocycles. The Kier molecular flexibility index (Phi) is 5.28. The fourth-order valence-electron chi connectivity index (χ4n) is 1.26. The van der Waals surface area contributed by atoms with Gasteiger partial charge in [-0.15, -0.1) is 11.8 Å².